The summed E-state index contributed by atoms with van der Waals surface area (Å²) in [5.74, 6) is -1.21. The molecule has 2 fully saturated rings. The van der Waals surface area contributed by atoms with Crippen LogP contribution in [0.2, 0.25) is 0 Å². The van der Waals surface area contributed by atoms with Crippen molar-refractivity contribution in [2.75, 3.05) is 40.5 Å². The molecular weight excluding hydrogens is 456 g/mol. The summed E-state index contributed by atoms with van der Waals surface area (Å²) in [6.45, 7) is 2.31. The predicted molar refractivity (Wildman–Crippen MR) is 126 cm³/mol. The second kappa shape index (κ2) is 10.7. The molecule has 0 aromatic heterocycles. The second-order valence-corrected chi connectivity index (χ2v) is 9.04. The SMILES string of the molecule is COCCCN1C(=O)N(Cc2ccc(OC)cc2)C(=O)C12CCN(Cc1cccc(F)c1F)CC2. The molecule has 0 unspecified atom stereocenters. The number of halogens is 2. The molecule has 2 aromatic carbocycles. The number of imide groups is 1. The van der Waals surface area contributed by atoms with E-state index < -0.39 is 17.2 Å². The van der Waals surface area contributed by atoms with E-state index >= 15 is 0 Å². The molecule has 9 heteroatoms. The van der Waals surface area contributed by atoms with Gasteiger partial charge in [0.05, 0.1) is 13.7 Å². The number of rotatable bonds is 9. The Kier molecular flexibility index (Phi) is 7.66. The van der Waals surface area contributed by atoms with Crippen LogP contribution in [0.5, 0.6) is 5.75 Å². The van der Waals surface area contributed by atoms with Gasteiger partial charge in [0.15, 0.2) is 11.6 Å². The van der Waals surface area contributed by atoms with E-state index in [0.29, 0.717) is 51.3 Å². The molecule has 0 aliphatic carbocycles. The number of amides is 3. The number of ether oxygens (including phenoxy) is 2. The van der Waals surface area contributed by atoms with Crippen LogP contribution in [0.4, 0.5) is 13.6 Å². The van der Waals surface area contributed by atoms with Crippen LogP contribution in [0.3, 0.4) is 0 Å². The van der Waals surface area contributed by atoms with Crippen molar-refractivity contribution >= 4 is 11.9 Å². The Morgan fingerprint density at radius 3 is 2.34 bits per heavy atom. The lowest BCUT2D eigenvalue weighted by Crippen LogP contribution is -2.56. The Labute approximate surface area is 204 Å². The summed E-state index contributed by atoms with van der Waals surface area (Å²) in [4.78, 5) is 32.2. The molecule has 3 amide bonds. The van der Waals surface area contributed by atoms with Crippen LogP contribution < -0.4 is 4.74 Å². The van der Waals surface area contributed by atoms with Crippen LogP contribution in [0, 0.1) is 11.6 Å². The number of piperidine rings is 1. The maximum atomic E-state index is 14.2. The zero-order valence-corrected chi connectivity index (χ0v) is 20.1. The molecule has 2 aliphatic rings. The third-order valence-corrected chi connectivity index (χ3v) is 6.96. The molecule has 4 rings (SSSR count). The standard InChI is InChI=1S/C26H31F2N3O4/c1-34-16-4-13-31-25(33)30(17-19-7-9-21(35-2)10-8-19)24(32)26(31)11-14-29(15-12-26)18-20-5-3-6-22(27)23(20)28/h3,5-10H,4,11-18H2,1-2H3. The molecule has 0 N–H and O–H groups in total. The second-order valence-electron chi connectivity index (χ2n) is 9.04. The highest BCUT2D eigenvalue weighted by molar-refractivity contribution is 6.07. The molecule has 2 aromatic rings. The first-order valence-electron chi connectivity index (χ1n) is 11.8. The van der Waals surface area contributed by atoms with Gasteiger partial charge >= 0.3 is 6.03 Å². The predicted octanol–water partition coefficient (Wildman–Crippen LogP) is 3.81. The van der Waals surface area contributed by atoms with Crippen LogP contribution in [0.1, 0.15) is 30.4 Å². The maximum Gasteiger partial charge on any atom is 0.327 e. The lowest BCUT2D eigenvalue weighted by Gasteiger charge is -2.42. The van der Waals surface area contributed by atoms with Crippen LogP contribution in [0.15, 0.2) is 42.5 Å². The first-order chi connectivity index (χ1) is 16.9. The van der Waals surface area contributed by atoms with E-state index in [2.05, 4.69) is 0 Å². The van der Waals surface area contributed by atoms with E-state index in [9.17, 15) is 18.4 Å². The summed E-state index contributed by atoms with van der Waals surface area (Å²) in [5, 5.41) is 0. The van der Waals surface area contributed by atoms with E-state index in [1.165, 1.54) is 11.0 Å². The van der Waals surface area contributed by atoms with Crippen LogP contribution >= 0.6 is 0 Å². The molecule has 2 saturated heterocycles. The Hall–Kier alpha value is -3.04. The molecule has 188 valence electrons. The first-order valence-corrected chi connectivity index (χ1v) is 11.8. The van der Waals surface area contributed by atoms with E-state index in [0.717, 1.165) is 11.6 Å². The summed E-state index contributed by atoms with van der Waals surface area (Å²) in [5.41, 5.74) is 0.183. The quantitative estimate of drug-likeness (QED) is 0.398. The smallest absolute Gasteiger partial charge is 0.327 e. The average Bonchev–Trinajstić information content (AvgIpc) is 3.05. The van der Waals surface area contributed by atoms with Gasteiger partial charge in [-0.3, -0.25) is 14.6 Å². The number of hydrogen-bond acceptors (Lipinski definition) is 5. The summed E-state index contributed by atoms with van der Waals surface area (Å²) >= 11 is 0. The Morgan fingerprint density at radius 1 is 0.971 bits per heavy atom. The van der Waals surface area contributed by atoms with E-state index in [-0.39, 0.29) is 30.6 Å². The van der Waals surface area contributed by atoms with E-state index in [1.54, 1.807) is 37.3 Å². The van der Waals surface area contributed by atoms with Crippen molar-refractivity contribution in [2.45, 2.75) is 37.9 Å². The summed E-state index contributed by atoms with van der Waals surface area (Å²) in [6.07, 6.45) is 1.48. The monoisotopic (exact) mass is 487 g/mol. The van der Waals surface area contributed by atoms with Gasteiger partial charge in [0.2, 0.25) is 0 Å². The maximum absolute atomic E-state index is 14.2. The molecule has 0 saturated carbocycles. The van der Waals surface area contributed by atoms with Crippen LogP contribution in [0.25, 0.3) is 0 Å². The molecule has 2 heterocycles. The van der Waals surface area contributed by atoms with Gasteiger partial charge in [0.25, 0.3) is 5.91 Å². The number of carbonyl (C=O) groups excluding carboxylic acids is 2. The number of urea groups is 1. The topological polar surface area (TPSA) is 62.3 Å². The van der Waals surface area contributed by atoms with Gasteiger partial charge in [-0.25, -0.2) is 13.6 Å². The Balaban J connectivity index is 1.51. The van der Waals surface area contributed by atoms with Gasteiger partial charge < -0.3 is 14.4 Å². The zero-order chi connectivity index (χ0) is 25.0. The van der Waals surface area contributed by atoms with Crippen molar-refractivity contribution in [1.29, 1.82) is 0 Å². The van der Waals surface area contributed by atoms with E-state index in [1.807, 2.05) is 17.0 Å². The van der Waals surface area contributed by atoms with Crippen molar-refractivity contribution < 1.29 is 27.8 Å². The van der Waals surface area contributed by atoms with Crippen molar-refractivity contribution in [2.24, 2.45) is 0 Å². The highest BCUT2D eigenvalue weighted by Gasteiger charge is 2.57. The number of hydrogen-bond donors (Lipinski definition) is 0. The first kappa shape index (κ1) is 25.1. The molecule has 0 bridgehead atoms. The number of nitrogens with zero attached hydrogens (tertiary/aromatic N) is 3. The van der Waals surface area contributed by atoms with Gasteiger partial charge in [-0.2, -0.15) is 0 Å². The fourth-order valence-corrected chi connectivity index (χ4v) is 4.99. The number of methoxy groups -OCH3 is 2. The normalized spacial score (nSPS) is 18.1. The molecule has 2 aliphatic heterocycles. The lowest BCUT2D eigenvalue weighted by atomic mass is 9.85. The highest BCUT2D eigenvalue weighted by atomic mass is 19.2. The van der Waals surface area contributed by atoms with Gasteiger partial charge in [-0.1, -0.05) is 24.3 Å². The summed E-state index contributed by atoms with van der Waals surface area (Å²) in [6, 6.07) is 11.2. The number of benzene rings is 2. The van der Waals surface area contributed by atoms with Crippen LogP contribution in [-0.2, 0) is 22.6 Å². The van der Waals surface area contributed by atoms with Crippen molar-refractivity contribution in [3.05, 3.63) is 65.2 Å². The fourth-order valence-electron chi connectivity index (χ4n) is 4.99. The lowest BCUT2D eigenvalue weighted by molar-refractivity contribution is -0.136. The minimum atomic E-state index is -0.936. The van der Waals surface area contributed by atoms with Crippen molar-refractivity contribution in [1.82, 2.24) is 14.7 Å². The molecule has 7 nitrogen and oxygen atoms in total. The Morgan fingerprint density at radius 2 is 1.69 bits per heavy atom. The minimum absolute atomic E-state index is 0.183. The van der Waals surface area contributed by atoms with Gasteiger partial charge in [-0.15, -0.1) is 0 Å². The summed E-state index contributed by atoms with van der Waals surface area (Å²) < 4.78 is 38.2. The molecule has 1 spiro atoms. The minimum Gasteiger partial charge on any atom is -0.497 e. The zero-order valence-electron chi connectivity index (χ0n) is 20.1. The van der Waals surface area contributed by atoms with E-state index in [4.69, 9.17) is 9.47 Å². The largest absolute Gasteiger partial charge is 0.497 e. The molecule has 0 atom stereocenters. The number of carbonyl (C=O) groups is 2. The third kappa shape index (κ3) is 5.01. The van der Waals surface area contributed by atoms with Crippen molar-refractivity contribution in [3.8, 4) is 5.75 Å². The van der Waals surface area contributed by atoms with Gasteiger partial charge in [0, 0.05) is 45.5 Å². The average molecular weight is 488 g/mol. The van der Waals surface area contributed by atoms with Gasteiger partial charge in [0.1, 0.15) is 11.3 Å². The van der Waals surface area contributed by atoms with Crippen molar-refractivity contribution in [3.63, 3.8) is 0 Å². The molecular formula is C26H31F2N3O4. The number of likely N-dealkylation sites (tertiary alicyclic amines) is 1. The molecule has 35 heavy (non-hydrogen) atoms. The Bertz CT molecular complexity index is 1060. The van der Waals surface area contributed by atoms with Crippen LogP contribution in [-0.4, -0.2) is 72.6 Å². The van der Waals surface area contributed by atoms with Gasteiger partial charge in [-0.05, 0) is 43.0 Å². The highest BCUT2D eigenvalue weighted by Crippen LogP contribution is 2.38. The molecule has 0 radical (unpaired) electrons. The summed E-state index contributed by atoms with van der Waals surface area (Å²) in [7, 11) is 3.19. The third-order valence-electron chi connectivity index (χ3n) is 6.96. The fraction of sp³-hybridized carbons (Fsp3) is 0.462.